The van der Waals surface area contributed by atoms with E-state index < -0.39 is 0 Å². The normalized spacial score (nSPS) is 12.5. The van der Waals surface area contributed by atoms with Gasteiger partial charge in [-0.25, -0.2) is 0 Å². The van der Waals surface area contributed by atoms with Gasteiger partial charge in [-0.05, 0) is 24.6 Å². The molecule has 0 aliphatic heterocycles. The van der Waals surface area contributed by atoms with Crippen molar-refractivity contribution in [3.8, 4) is 0 Å². The summed E-state index contributed by atoms with van der Waals surface area (Å²) in [6, 6.07) is 3.76. The molecule has 0 aliphatic carbocycles. The van der Waals surface area contributed by atoms with Crippen LogP contribution < -0.4 is 5.73 Å². The van der Waals surface area contributed by atoms with E-state index in [1.54, 1.807) is 12.3 Å². The van der Waals surface area contributed by atoms with E-state index in [9.17, 15) is 0 Å². The van der Waals surface area contributed by atoms with Gasteiger partial charge in [0.1, 0.15) is 0 Å². The minimum atomic E-state index is -0.144. The highest BCUT2D eigenvalue weighted by molar-refractivity contribution is 5.19. The van der Waals surface area contributed by atoms with Crippen molar-refractivity contribution in [2.24, 2.45) is 5.73 Å². The smallest absolute Gasteiger partial charge is 0.0653 e. The van der Waals surface area contributed by atoms with Crippen molar-refractivity contribution >= 4 is 0 Å². The molecule has 0 spiro atoms. The molecule has 0 aliphatic rings. The second-order valence-electron chi connectivity index (χ2n) is 2.52. The quantitative estimate of drug-likeness (QED) is 0.646. The van der Waals surface area contributed by atoms with Crippen molar-refractivity contribution in [3.63, 3.8) is 0 Å². The zero-order valence-corrected chi connectivity index (χ0v) is 6.62. The summed E-state index contributed by atoms with van der Waals surface area (Å²) in [6.07, 6.45) is 3.44. The molecular formula is C9H12N2. The average molecular weight is 148 g/mol. The van der Waals surface area contributed by atoms with E-state index in [2.05, 4.69) is 11.6 Å². The maximum Gasteiger partial charge on any atom is 0.0653 e. The van der Waals surface area contributed by atoms with Gasteiger partial charge in [0.15, 0.2) is 0 Å². The fraction of sp³-hybridized carbons (Fsp3) is 0.222. The lowest BCUT2D eigenvalue weighted by atomic mass is 10.1. The van der Waals surface area contributed by atoms with Crippen molar-refractivity contribution < 1.29 is 0 Å². The van der Waals surface area contributed by atoms with Crippen LogP contribution in [0.1, 0.15) is 17.3 Å². The SMILES string of the molecule is C=CC(N)c1cc(C)ccn1. The van der Waals surface area contributed by atoms with Crippen molar-refractivity contribution in [3.05, 3.63) is 42.2 Å². The molecule has 2 nitrogen and oxygen atoms in total. The van der Waals surface area contributed by atoms with Gasteiger partial charge < -0.3 is 5.73 Å². The van der Waals surface area contributed by atoms with Crippen molar-refractivity contribution in [2.45, 2.75) is 13.0 Å². The largest absolute Gasteiger partial charge is 0.319 e. The average Bonchev–Trinajstić information content (AvgIpc) is 2.03. The highest BCUT2D eigenvalue weighted by Gasteiger charge is 2.00. The molecule has 0 saturated carbocycles. The number of hydrogen-bond donors (Lipinski definition) is 1. The number of nitrogens with zero attached hydrogens (tertiary/aromatic N) is 1. The molecule has 1 unspecified atom stereocenters. The minimum absolute atomic E-state index is 0.144. The Labute approximate surface area is 66.8 Å². The zero-order chi connectivity index (χ0) is 8.27. The number of hydrogen-bond acceptors (Lipinski definition) is 2. The summed E-state index contributed by atoms with van der Waals surface area (Å²) in [7, 11) is 0. The molecule has 1 heterocycles. The maximum atomic E-state index is 5.68. The van der Waals surface area contributed by atoms with Crippen LogP contribution in [0.4, 0.5) is 0 Å². The minimum Gasteiger partial charge on any atom is -0.319 e. The molecule has 0 saturated heterocycles. The number of pyridine rings is 1. The Bertz CT molecular complexity index is 255. The molecule has 11 heavy (non-hydrogen) atoms. The van der Waals surface area contributed by atoms with E-state index in [1.165, 1.54) is 5.56 Å². The summed E-state index contributed by atoms with van der Waals surface area (Å²) in [5.74, 6) is 0. The first-order chi connectivity index (χ1) is 5.24. The second kappa shape index (κ2) is 3.30. The van der Waals surface area contributed by atoms with Gasteiger partial charge >= 0.3 is 0 Å². The summed E-state index contributed by atoms with van der Waals surface area (Å²) in [5.41, 5.74) is 7.73. The van der Waals surface area contributed by atoms with Crippen LogP contribution in [-0.4, -0.2) is 4.98 Å². The fourth-order valence-electron chi connectivity index (χ4n) is 0.863. The summed E-state index contributed by atoms with van der Waals surface area (Å²) in [5, 5.41) is 0. The van der Waals surface area contributed by atoms with Crippen LogP contribution in [-0.2, 0) is 0 Å². The Kier molecular flexibility index (Phi) is 2.39. The van der Waals surface area contributed by atoms with E-state index in [0.717, 1.165) is 5.69 Å². The number of aryl methyl sites for hydroxylation is 1. The molecule has 2 N–H and O–H groups in total. The van der Waals surface area contributed by atoms with E-state index in [-0.39, 0.29) is 6.04 Å². The molecular weight excluding hydrogens is 136 g/mol. The van der Waals surface area contributed by atoms with Crippen LogP contribution in [0.25, 0.3) is 0 Å². The Balaban J connectivity index is 2.95. The summed E-state index contributed by atoms with van der Waals surface area (Å²) in [6.45, 7) is 5.62. The Morgan fingerprint density at radius 1 is 1.73 bits per heavy atom. The van der Waals surface area contributed by atoms with Gasteiger partial charge in [-0.1, -0.05) is 6.08 Å². The van der Waals surface area contributed by atoms with Crippen molar-refractivity contribution in [1.29, 1.82) is 0 Å². The van der Waals surface area contributed by atoms with Gasteiger partial charge in [0.2, 0.25) is 0 Å². The zero-order valence-electron chi connectivity index (χ0n) is 6.62. The predicted molar refractivity (Wildman–Crippen MR) is 46.1 cm³/mol. The van der Waals surface area contributed by atoms with Crippen molar-refractivity contribution in [2.75, 3.05) is 0 Å². The third-order valence-electron chi connectivity index (χ3n) is 1.53. The lowest BCUT2D eigenvalue weighted by Gasteiger charge is -2.04. The highest BCUT2D eigenvalue weighted by atomic mass is 14.8. The number of rotatable bonds is 2. The van der Waals surface area contributed by atoms with Gasteiger partial charge in [0, 0.05) is 6.20 Å². The van der Waals surface area contributed by atoms with Crippen molar-refractivity contribution in [1.82, 2.24) is 4.98 Å². The number of aromatic nitrogens is 1. The molecule has 1 aromatic rings. The van der Waals surface area contributed by atoms with Gasteiger partial charge in [0.25, 0.3) is 0 Å². The first-order valence-corrected chi connectivity index (χ1v) is 3.54. The van der Waals surface area contributed by atoms with Crippen LogP contribution >= 0.6 is 0 Å². The molecule has 0 bridgehead atoms. The van der Waals surface area contributed by atoms with Gasteiger partial charge in [-0.2, -0.15) is 0 Å². The van der Waals surface area contributed by atoms with E-state index in [4.69, 9.17) is 5.73 Å². The van der Waals surface area contributed by atoms with Gasteiger partial charge in [0.05, 0.1) is 11.7 Å². The van der Waals surface area contributed by atoms with Crippen LogP contribution in [0, 0.1) is 6.92 Å². The summed E-state index contributed by atoms with van der Waals surface area (Å²) >= 11 is 0. The van der Waals surface area contributed by atoms with Crippen LogP contribution in [0.15, 0.2) is 31.0 Å². The molecule has 0 radical (unpaired) electrons. The third-order valence-corrected chi connectivity index (χ3v) is 1.53. The first-order valence-electron chi connectivity index (χ1n) is 3.54. The molecule has 1 rings (SSSR count). The highest BCUT2D eigenvalue weighted by Crippen LogP contribution is 2.08. The van der Waals surface area contributed by atoms with Gasteiger partial charge in [-0.3, -0.25) is 4.98 Å². The van der Waals surface area contributed by atoms with E-state index in [0.29, 0.717) is 0 Å². The molecule has 0 aromatic carbocycles. The molecule has 58 valence electrons. The lowest BCUT2D eigenvalue weighted by molar-refractivity contribution is 0.861. The third kappa shape index (κ3) is 1.88. The molecule has 1 atom stereocenters. The molecule has 0 amide bonds. The predicted octanol–water partition coefficient (Wildman–Crippen LogP) is 1.58. The Morgan fingerprint density at radius 2 is 2.45 bits per heavy atom. The van der Waals surface area contributed by atoms with Gasteiger partial charge in [-0.15, -0.1) is 6.58 Å². The Morgan fingerprint density at radius 3 is 3.00 bits per heavy atom. The molecule has 1 aromatic heterocycles. The van der Waals surface area contributed by atoms with Crippen LogP contribution in [0.3, 0.4) is 0 Å². The second-order valence-corrected chi connectivity index (χ2v) is 2.52. The lowest BCUT2D eigenvalue weighted by Crippen LogP contribution is -2.08. The van der Waals surface area contributed by atoms with Crippen LogP contribution in [0.2, 0.25) is 0 Å². The molecule has 0 fully saturated rings. The summed E-state index contributed by atoms with van der Waals surface area (Å²) in [4.78, 5) is 4.11. The Hall–Kier alpha value is -1.15. The number of nitrogens with two attached hydrogens (primary N) is 1. The maximum absolute atomic E-state index is 5.68. The van der Waals surface area contributed by atoms with Crippen LogP contribution in [0.5, 0.6) is 0 Å². The first kappa shape index (κ1) is 7.95. The standard InChI is InChI=1S/C9H12N2/c1-3-8(10)9-6-7(2)4-5-11-9/h3-6,8H,1,10H2,2H3. The summed E-state index contributed by atoms with van der Waals surface area (Å²) < 4.78 is 0. The fourth-order valence-corrected chi connectivity index (χ4v) is 0.863. The monoisotopic (exact) mass is 148 g/mol. The van der Waals surface area contributed by atoms with E-state index in [1.807, 2.05) is 19.1 Å². The molecule has 2 heteroatoms. The topological polar surface area (TPSA) is 38.9 Å². The van der Waals surface area contributed by atoms with E-state index >= 15 is 0 Å².